The van der Waals surface area contributed by atoms with Crippen LogP contribution in [-0.2, 0) is 0 Å². The lowest BCUT2D eigenvalue weighted by molar-refractivity contribution is 1.05. The molecule has 18 heavy (non-hydrogen) atoms. The summed E-state index contributed by atoms with van der Waals surface area (Å²) in [4.78, 5) is 4.60. The number of imidazole rings is 1. The van der Waals surface area contributed by atoms with Gasteiger partial charge in [-0.15, -0.1) is 0 Å². The highest BCUT2D eigenvalue weighted by atomic mass is 35.5. The third-order valence-corrected chi connectivity index (χ3v) is 3.21. The third-order valence-electron chi connectivity index (χ3n) is 2.95. The number of nitrogen functional groups attached to an aromatic ring is 1. The van der Waals surface area contributed by atoms with Crippen molar-refractivity contribution < 1.29 is 0 Å². The molecule has 3 rings (SSSR count). The molecule has 0 radical (unpaired) electrons. The van der Waals surface area contributed by atoms with Gasteiger partial charge in [0.2, 0.25) is 0 Å². The molecule has 0 saturated carbocycles. The maximum atomic E-state index is 5.90. The number of hydrogen-bond donors (Lipinski definition) is 1. The van der Waals surface area contributed by atoms with Crippen molar-refractivity contribution in [3.63, 3.8) is 0 Å². The number of pyridine rings is 1. The Labute approximate surface area is 110 Å². The summed E-state index contributed by atoms with van der Waals surface area (Å²) >= 11 is 5.90. The Hall–Kier alpha value is -2.00. The second-order valence-electron chi connectivity index (χ2n) is 4.23. The Morgan fingerprint density at radius 1 is 1.11 bits per heavy atom. The van der Waals surface area contributed by atoms with E-state index in [1.807, 2.05) is 53.9 Å². The summed E-state index contributed by atoms with van der Waals surface area (Å²) in [5.41, 5.74) is 9.57. The van der Waals surface area contributed by atoms with Gasteiger partial charge in [0.15, 0.2) is 0 Å². The predicted octanol–water partition coefficient (Wildman–Crippen LogP) is 3.55. The first-order valence-electron chi connectivity index (χ1n) is 5.65. The van der Waals surface area contributed by atoms with Gasteiger partial charge in [-0.05, 0) is 31.2 Å². The summed E-state index contributed by atoms with van der Waals surface area (Å²) in [5, 5.41) is 0.725. The molecule has 3 nitrogen and oxygen atoms in total. The molecule has 2 heterocycles. The van der Waals surface area contributed by atoms with Crippen LogP contribution in [0.2, 0.25) is 5.02 Å². The number of fused-ring (bicyclic) bond motifs is 1. The summed E-state index contributed by atoms with van der Waals surface area (Å²) in [5.74, 6) is 0.919. The molecule has 1 aromatic carbocycles. The van der Waals surface area contributed by atoms with E-state index in [0.717, 1.165) is 33.3 Å². The topological polar surface area (TPSA) is 43.3 Å². The molecule has 90 valence electrons. The van der Waals surface area contributed by atoms with Crippen LogP contribution in [0.15, 0.2) is 42.6 Å². The number of benzene rings is 1. The standard InChI is InChI=1S/C14H12ClN3/c1-9-17-14(10-2-4-11(15)5-3-10)13-7-6-12(16)8-18(9)13/h2-8H,16H2,1H3. The van der Waals surface area contributed by atoms with E-state index in [1.54, 1.807) is 0 Å². The molecule has 4 heteroatoms. The molecule has 0 spiro atoms. The van der Waals surface area contributed by atoms with Gasteiger partial charge in [-0.3, -0.25) is 0 Å². The minimum absolute atomic E-state index is 0.725. The van der Waals surface area contributed by atoms with E-state index in [4.69, 9.17) is 17.3 Å². The van der Waals surface area contributed by atoms with Gasteiger partial charge in [0.1, 0.15) is 5.82 Å². The normalized spacial score (nSPS) is 11.0. The molecular formula is C14H12ClN3. The van der Waals surface area contributed by atoms with Crippen molar-refractivity contribution in [1.29, 1.82) is 0 Å². The third kappa shape index (κ3) is 1.73. The van der Waals surface area contributed by atoms with Crippen LogP contribution < -0.4 is 5.73 Å². The zero-order valence-electron chi connectivity index (χ0n) is 9.89. The molecular weight excluding hydrogens is 246 g/mol. The maximum absolute atomic E-state index is 5.90. The highest BCUT2D eigenvalue weighted by Gasteiger charge is 2.10. The smallest absolute Gasteiger partial charge is 0.110 e. The van der Waals surface area contributed by atoms with Gasteiger partial charge in [-0.2, -0.15) is 0 Å². The van der Waals surface area contributed by atoms with Gasteiger partial charge < -0.3 is 10.1 Å². The number of nitrogens with two attached hydrogens (primary N) is 1. The molecule has 3 aromatic rings. The molecule has 0 saturated heterocycles. The second-order valence-corrected chi connectivity index (χ2v) is 4.67. The van der Waals surface area contributed by atoms with E-state index in [2.05, 4.69) is 4.98 Å². The van der Waals surface area contributed by atoms with Crippen LogP contribution in [-0.4, -0.2) is 9.38 Å². The maximum Gasteiger partial charge on any atom is 0.110 e. The monoisotopic (exact) mass is 257 g/mol. The van der Waals surface area contributed by atoms with E-state index in [-0.39, 0.29) is 0 Å². The van der Waals surface area contributed by atoms with Gasteiger partial charge in [0.05, 0.1) is 11.2 Å². The minimum Gasteiger partial charge on any atom is -0.398 e. The van der Waals surface area contributed by atoms with Gasteiger partial charge in [-0.1, -0.05) is 23.7 Å². The summed E-state index contributed by atoms with van der Waals surface area (Å²) in [6.07, 6.45) is 1.89. The Morgan fingerprint density at radius 3 is 2.56 bits per heavy atom. The van der Waals surface area contributed by atoms with E-state index in [0.29, 0.717) is 0 Å². The quantitative estimate of drug-likeness (QED) is 0.725. The Kier molecular flexibility index (Phi) is 2.49. The molecule has 0 bridgehead atoms. The molecule has 0 aliphatic rings. The van der Waals surface area contributed by atoms with Crippen LogP contribution in [0.4, 0.5) is 5.69 Å². The highest BCUT2D eigenvalue weighted by Crippen LogP contribution is 2.26. The number of aromatic nitrogens is 2. The SMILES string of the molecule is Cc1nc(-c2ccc(Cl)cc2)c2ccc(N)cn12. The Balaban J connectivity index is 2.26. The molecule has 0 atom stereocenters. The molecule has 0 aliphatic carbocycles. The molecule has 2 aromatic heterocycles. The van der Waals surface area contributed by atoms with E-state index in [9.17, 15) is 0 Å². The molecule has 0 unspecified atom stereocenters. The summed E-state index contributed by atoms with van der Waals surface area (Å²) in [6, 6.07) is 11.6. The van der Waals surface area contributed by atoms with Crippen molar-refractivity contribution in [3.8, 4) is 11.3 Å². The van der Waals surface area contributed by atoms with Crippen molar-refractivity contribution >= 4 is 22.8 Å². The zero-order chi connectivity index (χ0) is 12.7. The number of rotatable bonds is 1. The first-order valence-corrected chi connectivity index (χ1v) is 6.03. The summed E-state index contributed by atoms with van der Waals surface area (Å²) < 4.78 is 2.00. The largest absolute Gasteiger partial charge is 0.398 e. The van der Waals surface area contributed by atoms with Crippen LogP contribution in [0.3, 0.4) is 0 Å². The van der Waals surface area contributed by atoms with Crippen molar-refractivity contribution in [2.75, 3.05) is 5.73 Å². The Morgan fingerprint density at radius 2 is 1.83 bits per heavy atom. The fourth-order valence-corrected chi connectivity index (χ4v) is 2.20. The highest BCUT2D eigenvalue weighted by molar-refractivity contribution is 6.30. The summed E-state index contributed by atoms with van der Waals surface area (Å²) in [7, 11) is 0. The average Bonchev–Trinajstić information content (AvgIpc) is 2.68. The zero-order valence-corrected chi connectivity index (χ0v) is 10.6. The molecule has 0 fully saturated rings. The van der Waals surface area contributed by atoms with Crippen molar-refractivity contribution in [1.82, 2.24) is 9.38 Å². The number of halogens is 1. The first-order chi connectivity index (χ1) is 8.65. The van der Waals surface area contributed by atoms with Crippen molar-refractivity contribution in [2.45, 2.75) is 6.92 Å². The molecule has 0 aliphatic heterocycles. The lowest BCUT2D eigenvalue weighted by atomic mass is 10.1. The van der Waals surface area contributed by atoms with Gasteiger partial charge in [0, 0.05) is 22.5 Å². The number of hydrogen-bond acceptors (Lipinski definition) is 2. The average molecular weight is 258 g/mol. The molecule has 0 amide bonds. The second kappa shape index (κ2) is 4.03. The van der Waals surface area contributed by atoms with Crippen LogP contribution in [0.25, 0.3) is 16.8 Å². The van der Waals surface area contributed by atoms with Gasteiger partial charge >= 0.3 is 0 Å². The van der Waals surface area contributed by atoms with Gasteiger partial charge in [0.25, 0.3) is 0 Å². The fraction of sp³-hybridized carbons (Fsp3) is 0.0714. The summed E-state index contributed by atoms with van der Waals surface area (Å²) in [6.45, 7) is 1.96. The van der Waals surface area contributed by atoms with Crippen LogP contribution in [0.1, 0.15) is 5.82 Å². The van der Waals surface area contributed by atoms with Crippen LogP contribution in [0, 0.1) is 6.92 Å². The number of anilines is 1. The first kappa shape index (κ1) is 11.1. The van der Waals surface area contributed by atoms with Crippen LogP contribution >= 0.6 is 11.6 Å². The van der Waals surface area contributed by atoms with Crippen molar-refractivity contribution in [3.05, 3.63) is 53.4 Å². The lowest BCUT2D eigenvalue weighted by Crippen LogP contribution is -1.91. The van der Waals surface area contributed by atoms with Crippen LogP contribution in [0.5, 0.6) is 0 Å². The molecule has 2 N–H and O–H groups in total. The number of nitrogens with zero attached hydrogens (tertiary/aromatic N) is 2. The van der Waals surface area contributed by atoms with E-state index >= 15 is 0 Å². The van der Waals surface area contributed by atoms with E-state index in [1.165, 1.54) is 0 Å². The fourth-order valence-electron chi connectivity index (χ4n) is 2.07. The Bertz CT molecular complexity index is 714. The lowest BCUT2D eigenvalue weighted by Gasteiger charge is -2.00. The van der Waals surface area contributed by atoms with Crippen molar-refractivity contribution in [2.24, 2.45) is 0 Å². The predicted molar refractivity (Wildman–Crippen MR) is 74.8 cm³/mol. The minimum atomic E-state index is 0.725. The number of aryl methyl sites for hydroxylation is 1. The van der Waals surface area contributed by atoms with E-state index < -0.39 is 0 Å². The van der Waals surface area contributed by atoms with Gasteiger partial charge in [-0.25, -0.2) is 4.98 Å².